The van der Waals surface area contributed by atoms with Crippen LogP contribution in [-0.4, -0.2) is 57.7 Å². The summed E-state index contributed by atoms with van der Waals surface area (Å²) in [6, 6.07) is 7.20. The highest BCUT2D eigenvalue weighted by Gasteiger charge is 2.33. The lowest BCUT2D eigenvalue weighted by atomic mass is 10.00. The first-order chi connectivity index (χ1) is 13.2. The van der Waals surface area contributed by atoms with Crippen LogP contribution in [0.5, 0.6) is 0 Å². The minimum Gasteiger partial charge on any atom is -0.373 e. The van der Waals surface area contributed by atoms with E-state index in [-0.39, 0.29) is 35.8 Å². The van der Waals surface area contributed by atoms with Crippen LogP contribution in [0.15, 0.2) is 29.1 Å². The second kappa shape index (κ2) is 8.01. The average Bonchev–Trinajstić information content (AvgIpc) is 2.63. The van der Waals surface area contributed by atoms with Gasteiger partial charge in [-0.25, -0.2) is 4.98 Å². The van der Waals surface area contributed by atoms with E-state index < -0.39 is 0 Å². The summed E-state index contributed by atoms with van der Waals surface area (Å²) in [6.45, 7) is 12.3. The summed E-state index contributed by atoms with van der Waals surface area (Å²) in [5.74, 6) is 0.346. The van der Waals surface area contributed by atoms with Gasteiger partial charge in [-0.05, 0) is 46.8 Å². The fourth-order valence-corrected chi connectivity index (χ4v) is 3.76. The van der Waals surface area contributed by atoms with E-state index in [2.05, 4.69) is 42.9 Å². The van der Waals surface area contributed by atoms with Gasteiger partial charge < -0.3 is 10.1 Å². The van der Waals surface area contributed by atoms with E-state index in [9.17, 15) is 9.59 Å². The number of hydrogen-bond donors (Lipinski definition) is 1. The minimum atomic E-state index is -0.205. The predicted octanol–water partition coefficient (Wildman–Crippen LogP) is 1.71. The molecule has 28 heavy (non-hydrogen) atoms. The Morgan fingerprint density at radius 3 is 2.57 bits per heavy atom. The van der Waals surface area contributed by atoms with Crippen LogP contribution in [0.4, 0.5) is 0 Å². The Hall–Kier alpha value is -2.25. The van der Waals surface area contributed by atoms with Crippen molar-refractivity contribution >= 4 is 16.8 Å². The van der Waals surface area contributed by atoms with Crippen molar-refractivity contribution in [3.8, 4) is 0 Å². The smallest absolute Gasteiger partial charge is 0.261 e. The number of amides is 1. The highest BCUT2D eigenvalue weighted by Crippen LogP contribution is 2.20. The highest BCUT2D eigenvalue weighted by atomic mass is 16.5. The molecule has 0 spiro atoms. The summed E-state index contributed by atoms with van der Waals surface area (Å²) < 4.78 is 7.24. The number of carbonyl (C=O) groups excluding carboxylic acids is 1. The van der Waals surface area contributed by atoms with E-state index >= 15 is 0 Å². The number of aryl methyl sites for hydroxylation is 1. The highest BCUT2D eigenvalue weighted by molar-refractivity contribution is 5.79. The lowest BCUT2D eigenvalue weighted by Gasteiger charge is -2.45. The van der Waals surface area contributed by atoms with E-state index in [1.54, 1.807) is 25.1 Å². The average molecular weight is 386 g/mol. The molecule has 2 atom stereocenters. The van der Waals surface area contributed by atoms with Gasteiger partial charge in [0.15, 0.2) is 0 Å². The van der Waals surface area contributed by atoms with E-state index in [4.69, 9.17) is 4.74 Å². The third-order valence-corrected chi connectivity index (χ3v) is 5.35. The minimum absolute atomic E-state index is 0.0332. The van der Waals surface area contributed by atoms with Gasteiger partial charge in [-0.3, -0.25) is 19.1 Å². The molecule has 7 heteroatoms. The molecule has 152 valence electrons. The van der Waals surface area contributed by atoms with E-state index in [0.717, 1.165) is 13.1 Å². The van der Waals surface area contributed by atoms with E-state index in [0.29, 0.717) is 23.3 Å². The third-order valence-electron chi connectivity index (χ3n) is 5.35. The summed E-state index contributed by atoms with van der Waals surface area (Å²) >= 11 is 0. The topological polar surface area (TPSA) is 76.5 Å². The van der Waals surface area contributed by atoms with Crippen molar-refractivity contribution in [1.29, 1.82) is 0 Å². The Kier molecular flexibility index (Phi) is 5.86. The first-order valence-electron chi connectivity index (χ1n) is 9.81. The molecule has 0 bridgehead atoms. The molecule has 3 rings (SSSR count). The number of rotatable bonds is 5. The van der Waals surface area contributed by atoms with Crippen LogP contribution in [0.1, 0.15) is 33.5 Å². The molecule has 1 aliphatic heterocycles. The molecule has 1 aromatic heterocycles. The molecule has 7 nitrogen and oxygen atoms in total. The van der Waals surface area contributed by atoms with Crippen LogP contribution in [0.2, 0.25) is 0 Å². The fourth-order valence-electron chi connectivity index (χ4n) is 3.76. The van der Waals surface area contributed by atoms with Gasteiger partial charge in [0.25, 0.3) is 5.56 Å². The Morgan fingerprint density at radius 1 is 1.25 bits per heavy atom. The molecule has 0 unspecified atom stereocenters. The van der Waals surface area contributed by atoms with Crippen molar-refractivity contribution in [2.24, 2.45) is 0 Å². The number of ether oxygens (including phenoxy) is 1. The molecule has 1 saturated heterocycles. The maximum absolute atomic E-state index is 12.7. The van der Waals surface area contributed by atoms with Crippen LogP contribution in [-0.2, 0) is 16.1 Å². The fraction of sp³-hybridized carbons (Fsp3) is 0.571. The molecule has 0 saturated carbocycles. The Balaban J connectivity index is 1.67. The zero-order chi connectivity index (χ0) is 20.5. The van der Waals surface area contributed by atoms with Crippen molar-refractivity contribution in [3.63, 3.8) is 0 Å². The maximum atomic E-state index is 12.7. The number of carbonyl (C=O) groups is 1. The molecular weight excluding hydrogens is 356 g/mol. The quantitative estimate of drug-likeness (QED) is 0.847. The number of hydrogen-bond acceptors (Lipinski definition) is 5. The predicted molar refractivity (Wildman–Crippen MR) is 109 cm³/mol. The van der Waals surface area contributed by atoms with Crippen LogP contribution >= 0.6 is 0 Å². The van der Waals surface area contributed by atoms with Gasteiger partial charge in [-0.1, -0.05) is 12.1 Å². The molecule has 2 aromatic rings. The number of aromatic nitrogens is 2. The van der Waals surface area contributed by atoms with Crippen molar-refractivity contribution in [1.82, 2.24) is 19.8 Å². The lowest BCUT2D eigenvalue weighted by molar-refractivity contribution is -0.123. The zero-order valence-electron chi connectivity index (χ0n) is 17.4. The van der Waals surface area contributed by atoms with E-state index in [1.807, 2.05) is 6.07 Å². The first kappa shape index (κ1) is 20.5. The normalized spacial score (nSPS) is 21.0. The van der Waals surface area contributed by atoms with Crippen LogP contribution in [0.3, 0.4) is 0 Å². The van der Waals surface area contributed by atoms with Crippen molar-refractivity contribution < 1.29 is 9.53 Å². The standard InChI is InChI=1S/C21H30N4O3/c1-14-10-24(11-15(2)28-14)21(4,5)13-22-19(26)12-25-16(3)23-18-9-7-6-8-17(18)20(25)27/h6-9,14-15H,10-13H2,1-5H3,(H,22,26)/t14-,15-/m0/s1. The second-order valence-electron chi connectivity index (χ2n) is 8.32. The number of morpholine rings is 1. The largest absolute Gasteiger partial charge is 0.373 e. The molecule has 0 aliphatic carbocycles. The zero-order valence-corrected chi connectivity index (χ0v) is 17.4. The summed E-state index contributed by atoms with van der Waals surface area (Å²) in [6.07, 6.45) is 0.340. The second-order valence-corrected chi connectivity index (χ2v) is 8.32. The van der Waals surface area contributed by atoms with Crippen molar-refractivity contribution in [2.45, 2.75) is 58.9 Å². The molecule has 1 aliphatic rings. The molecule has 2 heterocycles. The molecule has 1 aromatic carbocycles. The number of para-hydroxylation sites is 1. The first-order valence-corrected chi connectivity index (χ1v) is 9.81. The van der Waals surface area contributed by atoms with Crippen LogP contribution in [0.25, 0.3) is 10.9 Å². The Bertz CT molecular complexity index is 911. The molecular formula is C21H30N4O3. The molecule has 0 radical (unpaired) electrons. The van der Waals surface area contributed by atoms with Gasteiger partial charge in [-0.15, -0.1) is 0 Å². The Labute approximate surface area is 165 Å². The molecule has 1 amide bonds. The SMILES string of the molecule is Cc1nc2ccccc2c(=O)n1CC(=O)NCC(C)(C)N1C[C@H](C)O[C@@H](C)C1. The number of fused-ring (bicyclic) bond motifs is 1. The number of benzene rings is 1. The third kappa shape index (κ3) is 4.42. The van der Waals surface area contributed by atoms with Gasteiger partial charge in [0.05, 0.1) is 23.1 Å². The summed E-state index contributed by atoms with van der Waals surface area (Å²) in [5.41, 5.74) is 0.260. The number of nitrogens with one attached hydrogen (secondary N) is 1. The van der Waals surface area contributed by atoms with Gasteiger partial charge in [0.1, 0.15) is 12.4 Å². The van der Waals surface area contributed by atoms with Crippen molar-refractivity contribution in [3.05, 3.63) is 40.4 Å². The van der Waals surface area contributed by atoms with Gasteiger partial charge in [0, 0.05) is 25.2 Å². The molecule has 1 N–H and O–H groups in total. The van der Waals surface area contributed by atoms with Crippen LogP contribution < -0.4 is 10.9 Å². The summed E-state index contributed by atoms with van der Waals surface area (Å²) in [4.78, 5) is 32.1. The van der Waals surface area contributed by atoms with Crippen molar-refractivity contribution in [2.75, 3.05) is 19.6 Å². The van der Waals surface area contributed by atoms with Gasteiger partial charge in [0.2, 0.25) is 5.91 Å². The Morgan fingerprint density at radius 2 is 1.89 bits per heavy atom. The van der Waals surface area contributed by atoms with Crippen LogP contribution in [0, 0.1) is 6.92 Å². The monoisotopic (exact) mass is 386 g/mol. The van der Waals surface area contributed by atoms with Gasteiger partial charge in [-0.2, -0.15) is 0 Å². The lowest BCUT2D eigenvalue weighted by Crippen LogP contribution is -2.58. The summed E-state index contributed by atoms with van der Waals surface area (Å²) in [5, 5.41) is 3.52. The van der Waals surface area contributed by atoms with Gasteiger partial charge >= 0.3 is 0 Å². The maximum Gasteiger partial charge on any atom is 0.261 e. The van der Waals surface area contributed by atoms with E-state index in [1.165, 1.54) is 4.57 Å². The summed E-state index contributed by atoms with van der Waals surface area (Å²) in [7, 11) is 0. The number of nitrogens with zero attached hydrogens (tertiary/aromatic N) is 3. The molecule has 1 fully saturated rings.